The van der Waals surface area contributed by atoms with Gasteiger partial charge in [0.05, 0.1) is 24.9 Å². The summed E-state index contributed by atoms with van der Waals surface area (Å²) < 4.78 is 7.28. The van der Waals surface area contributed by atoms with Crippen LogP contribution in [0, 0.1) is 6.92 Å². The third-order valence-electron chi connectivity index (χ3n) is 4.76. The first-order valence-electron chi connectivity index (χ1n) is 9.17. The summed E-state index contributed by atoms with van der Waals surface area (Å²) in [7, 11) is 0. The Bertz CT molecular complexity index is 734. The van der Waals surface area contributed by atoms with Gasteiger partial charge in [0, 0.05) is 17.4 Å². The summed E-state index contributed by atoms with van der Waals surface area (Å²) in [6.45, 7) is 5.77. The Morgan fingerprint density at radius 2 is 2.12 bits per heavy atom. The zero-order chi connectivity index (χ0) is 18.5. The molecule has 7 heteroatoms. The Labute approximate surface area is 159 Å². The second-order valence-corrected chi connectivity index (χ2v) is 7.47. The molecule has 1 saturated heterocycles. The molecule has 1 aromatic carbocycles. The summed E-state index contributed by atoms with van der Waals surface area (Å²) in [5.41, 5.74) is 2.92. The van der Waals surface area contributed by atoms with Crippen LogP contribution in [-0.2, 0) is 11.3 Å². The first-order valence-corrected chi connectivity index (χ1v) is 9.68. The van der Waals surface area contributed by atoms with Gasteiger partial charge in [-0.1, -0.05) is 48.9 Å². The summed E-state index contributed by atoms with van der Waals surface area (Å²) >= 11 is 4.58. The molecular formula is C19H26N4O2S. The first kappa shape index (κ1) is 18.8. The molecule has 1 aliphatic heterocycles. The standard InChI is InChI=1S/C19H26N4O2S/c1-3-4-10-25-19(24)22-13-17(26)11-16(22)12-23-14(2)18(20-21-23)15-8-6-5-7-9-15/h5-9,16-17,26H,3-4,10-13H2,1-2H3/t16-,17+/m0/s1. The molecule has 2 heterocycles. The predicted molar refractivity (Wildman–Crippen MR) is 104 cm³/mol. The molecule has 2 aromatic rings. The molecule has 0 aliphatic carbocycles. The van der Waals surface area contributed by atoms with Crippen molar-refractivity contribution < 1.29 is 9.53 Å². The molecule has 0 N–H and O–H groups in total. The van der Waals surface area contributed by atoms with Crippen molar-refractivity contribution in [2.75, 3.05) is 13.2 Å². The number of unbranched alkanes of at least 4 members (excludes halogenated alkanes) is 1. The van der Waals surface area contributed by atoms with Crippen LogP contribution in [-0.4, -0.2) is 50.4 Å². The monoisotopic (exact) mass is 374 g/mol. The van der Waals surface area contributed by atoms with Crippen LogP contribution < -0.4 is 0 Å². The van der Waals surface area contributed by atoms with E-state index in [-0.39, 0.29) is 17.4 Å². The van der Waals surface area contributed by atoms with E-state index in [4.69, 9.17) is 4.74 Å². The molecule has 1 fully saturated rings. The van der Waals surface area contributed by atoms with E-state index in [1.54, 1.807) is 4.90 Å². The van der Waals surface area contributed by atoms with Crippen LogP contribution in [0.15, 0.2) is 30.3 Å². The van der Waals surface area contributed by atoms with Crippen molar-refractivity contribution in [1.29, 1.82) is 0 Å². The lowest BCUT2D eigenvalue weighted by Crippen LogP contribution is -2.39. The quantitative estimate of drug-likeness (QED) is 0.620. The predicted octanol–water partition coefficient (Wildman–Crippen LogP) is 3.56. The highest BCUT2D eigenvalue weighted by Gasteiger charge is 2.35. The van der Waals surface area contributed by atoms with Gasteiger partial charge >= 0.3 is 6.09 Å². The number of carbonyl (C=O) groups excluding carboxylic acids is 1. The van der Waals surface area contributed by atoms with Gasteiger partial charge in [-0.3, -0.25) is 0 Å². The summed E-state index contributed by atoms with van der Waals surface area (Å²) in [6.07, 6.45) is 2.47. The lowest BCUT2D eigenvalue weighted by atomic mass is 10.1. The molecule has 0 radical (unpaired) electrons. The van der Waals surface area contributed by atoms with E-state index < -0.39 is 0 Å². The van der Waals surface area contributed by atoms with Crippen molar-refractivity contribution in [3.63, 3.8) is 0 Å². The average molecular weight is 375 g/mol. The Hall–Kier alpha value is -2.02. The number of hydrogen-bond donors (Lipinski definition) is 1. The number of amides is 1. The molecule has 2 atom stereocenters. The van der Waals surface area contributed by atoms with Gasteiger partial charge in [-0.25, -0.2) is 9.48 Å². The Balaban J connectivity index is 1.71. The van der Waals surface area contributed by atoms with E-state index in [1.165, 1.54) is 0 Å². The van der Waals surface area contributed by atoms with Crippen LogP contribution in [0.25, 0.3) is 11.3 Å². The fourth-order valence-corrected chi connectivity index (χ4v) is 3.69. The highest BCUT2D eigenvalue weighted by atomic mass is 32.1. The Kier molecular flexibility index (Phi) is 6.19. The molecule has 6 nitrogen and oxygen atoms in total. The molecule has 3 rings (SSSR count). The molecule has 0 spiro atoms. The minimum Gasteiger partial charge on any atom is -0.449 e. The van der Waals surface area contributed by atoms with Gasteiger partial charge in [0.25, 0.3) is 0 Å². The number of aromatic nitrogens is 3. The Morgan fingerprint density at radius 1 is 1.35 bits per heavy atom. The number of ether oxygens (including phenoxy) is 1. The van der Waals surface area contributed by atoms with Gasteiger partial charge in [-0.2, -0.15) is 12.6 Å². The van der Waals surface area contributed by atoms with Crippen molar-refractivity contribution in [3.05, 3.63) is 36.0 Å². The highest BCUT2D eigenvalue weighted by molar-refractivity contribution is 7.81. The second-order valence-electron chi connectivity index (χ2n) is 6.74. The maximum atomic E-state index is 12.4. The number of benzene rings is 1. The molecular weight excluding hydrogens is 348 g/mol. The number of rotatable bonds is 6. The van der Waals surface area contributed by atoms with Crippen LogP contribution in [0.3, 0.4) is 0 Å². The summed E-state index contributed by atoms with van der Waals surface area (Å²) in [4.78, 5) is 14.2. The molecule has 1 aromatic heterocycles. The lowest BCUT2D eigenvalue weighted by Gasteiger charge is -2.24. The second kappa shape index (κ2) is 8.58. The van der Waals surface area contributed by atoms with E-state index in [1.807, 2.05) is 41.9 Å². The zero-order valence-electron chi connectivity index (χ0n) is 15.3. The molecule has 0 unspecified atom stereocenters. The maximum absolute atomic E-state index is 12.4. The molecule has 0 bridgehead atoms. The van der Waals surface area contributed by atoms with E-state index in [0.29, 0.717) is 19.7 Å². The van der Waals surface area contributed by atoms with Crippen molar-refractivity contribution >= 4 is 18.7 Å². The lowest BCUT2D eigenvalue weighted by molar-refractivity contribution is 0.0934. The topological polar surface area (TPSA) is 60.2 Å². The van der Waals surface area contributed by atoms with Crippen molar-refractivity contribution in [2.45, 2.75) is 50.9 Å². The Morgan fingerprint density at radius 3 is 2.85 bits per heavy atom. The van der Waals surface area contributed by atoms with Gasteiger partial charge in [-0.15, -0.1) is 5.10 Å². The van der Waals surface area contributed by atoms with Crippen molar-refractivity contribution in [2.24, 2.45) is 0 Å². The van der Waals surface area contributed by atoms with Gasteiger partial charge in [0.15, 0.2) is 0 Å². The molecule has 0 saturated carbocycles. The SMILES string of the molecule is CCCCOC(=O)N1C[C@H](S)C[C@H]1Cn1nnc(-c2ccccc2)c1C. The third-order valence-corrected chi connectivity index (χ3v) is 5.14. The maximum Gasteiger partial charge on any atom is 0.410 e. The molecule has 26 heavy (non-hydrogen) atoms. The summed E-state index contributed by atoms with van der Waals surface area (Å²) in [5.74, 6) is 0. The zero-order valence-corrected chi connectivity index (χ0v) is 16.2. The van der Waals surface area contributed by atoms with Crippen molar-refractivity contribution in [3.8, 4) is 11.3 Å². The normalized spacial score (nSPS) is 19.7. The fraction of sp³-hybridized carbons (Fsp3) is 0.526. The molecule has 140 valence electrons. The third kappa shape index (κ3) is 4.20. The van der Waals surface area contributed by atoms with Gasteiger partial charge in [0.2, 0.25) is 0 Å². The number of thiol groups is 1. The minimum absolute atomic E-state index is 0.0237. The number of nitrogens with zero attached hydrogens (tertiary/aromatic N) is 4. The average Bonchev–Trinajstić information content (AvgIpc) is 3.19. The molecule has 1 amide bonds. The van der Waals surface area contributed by atoms with Crippen LogP contribution in [0.1, 0.15) is 31.9 Å². The van der Waals surface area contributed by atoms with Crippen molar-refractivity contribution in [1.82, 2.24) is 19.9 Å². The van der Waals surface area contributed by atoms with E-state index in [0.717, 1.165) is 36.2 Å². The highest BCUT2D eigenvalue weighted by Crippen LogP contribution is 2.26. The first-order chi connectivity index (χ1) is 12.6. The van der Waals surface area contributed by atoms with Crippen LogP contribution >= 0.6 is 12.6 Å². The smallest absolute Gasteiger partial charge is 0.410 e. The number of hydrogen-bond acceptors (Lipinski definition) is 5. The van der Waals surface area contributed by atoms with E-state index in [2.05, 4.69) is 29.9 Å². The number of likely N-dealkylation sites (tertiary alicyclic amines) is 1. The fourth-order valence-electron chi connectivity index (χ4n) is 3.27. The van der Waals surface area contributed by atoms with E-state index in [9.17, 15) is 4.79 Å². The number of carbonyl (C=O) groups is 1. The van der Waals surface area contributed by atoms with Gasteiger partial charge in [0.1, 0.15) is 5.69 Å². The van der Waals surface area contributed by atoms with Crippen LogP contribution in [0.2, 0.25) is 0 Å². The largest absolute Gasteiger partial charge is 0.449 e. The molecule has 1 aliphatic rings. The van der Waals surface area contributed by atoms with Gasteiger partial charge in [-0.05, 0) is 19.8 Å². The summed E-state index contributed by atoms with van der Waals surface area (Å²) in [5, 5.41) is 8.81. The van der Waals surface area contributed by atoms with Crippen LogP contribution in [0.4, 0.5) is 4.79 Å². The van der Waals surface area contributed by atoms with E-state index >= 15 is 0 Å². The van der Waals surface area contributed by atoms with Gasteiger partial charge < -0.3 is 9.64 Å². The summed E-state index contributed by atoms with van der Waals surface area (Å²) in [6, 6.07) is 10.0. The van der Waals surface area contributed by atoms with Crippen LogP contribution in [0.5, 0.6) is 0 Å². The minimum atomic E-state index is -0.249.